The zero-order valence-electron chi connectivity index (χ0n) is 19.1. The summed E-state index contributed by atoms with van der Waals surface area (Å²) in [5.74, 6) is 0.103. The van der Waals surface area contributed by atoms with Crippen LogP contribution in [0.5, 0.6) is 0 Å². The molecule has 0 N–H and O–H groups in total. The van der Waals surface area contributed by atoms with Gasteiger partial charge in [-0.3, -0.25) is 14.5 Å². The molecule has 3 heterocycles. The Bertz CT molecular complexity index is 1330. The van der Waals surface area contributed by atoms with Crippen LogP contribution >= 0.6 is 11.3 Å². The van der Waals surface area contributed by atoms with E-state index in [4.69, 9.17) is 4.98 Å². The Morgan fingerprint density at radius 1 is 1.00 bits per heavy atom. The maximum absolute atomic E-state index is 13.2. The summed E-state index contributed by atoms with van der Waals surface area (Å²) in [6.45, 7) is 5.53. The van der Waals surface area contributed by atoms with Crippen LogP contribution in [0.2, 0.25) is 0 Å². The summed E-state index contributed by atoms with van der Waals surface area (Å²) >= 11 is 1.42. The molecule has 0 bridgehead atoms. The van der Waals surface area contributed by atoms with Crippen LogP contribution in [-0.4, -0.2) is 56.5 Å². The molecule has 174 valence electrons. The number of fused-ring (bicyclic) bond motifs is 1. The molecular weight excluding hydrogens is 446 g/mol. The van der Waals surface area contributed by atoms with Crippen molar-refractivity contribution in [2.24, 2.45) is 0 Å². The van der Waals surface area contributed by atoms with E-state index in [2.05, 4.69) is 16.9 Å². The van der Waals surface area contributed by atoms with E-state index in [1.807, 2.05) is 65.6 Å². The van der Waals surface area contributed by atoms with E-state index in [1.165, 1.54) is 15.9 Å². The molecule has 1 aliphatic rings. The smallest absolute Gasteiger partial charge is 0.275 e. The second-order valence-corrected chi connectivity index (χ2v) is 9.48. The van der Waals surface area contributed by atoms with Gasteiger partial charge in [0.25, 0.3) is 5.56 Å². The van der Waals surface area contributed by atoms with Crippen molar-refractivity contribution >= 4 is 22.2 Å². The number of aromatic nitrogens is 3. The standard InChI is InChI=1S/C26H27N5O2S/c1-2-22(19-9-5-3-6-10-19)25(33)30-15-13-29(14-16-30)18-21-17-23(32)31-26(27-21)34-24(28-31)20-11-7-4-8-12-20/h3-12,17,22H,2,13-16,18H2,1H3. The van der Waals surface area contributed by atoms with Crippen molar-refractivity contribution in [1.29, 1.82) is 0 Å². The molecule has 5 rings (SSSR count). The molecule has 0 aliphatic carbocycles. The van der Waals surface area contributed by atoms with Gasteiger partial charge < -0.3 is 4.90 Å². The van der Waals surface area contributed by atoms with E-state index >= 15 is 0 Å². The molecule has 2 aromatic heterocycles. The highest BCUT2D eigenvalue weighted by Crippen LogP contribution is 2.25. The normalized spacial score (nSPS) is 15.5. The SMILES string of the molecule is CCC(C(=O)N1CCN(Cc2cc(=O)n3nc(-c4ccccc4)sc3n2)CC1)c1ccccc1. The molecule has 1 atom stereocenters. The lowest BCUT2D eigenvalue weighted by atomic mass is 9.95. The maximum atomic E-state index is 13.2. The first-order chi connectivity index (χ1) is 16.6. The van der Waals surface area contributed by atoms with Gasteiger partial charge in [0.15, 0.2) is 0 Å². The Labute approximate surface area is 202 Å². The molecule has 0 spiro atoms. The molecule has 1 saturated heterocycles. The fourth-order valence-corrected chi connectivity index (χ4v) is 5.38. The topological polar surface area (TPSA) is 70.8 Å². The fraction of sp³-hybridized carbons (Fsp3) is 0.308. The monoisotopic (exact) mass is 473 g/mol. The lowest BCUT2D eigenvalue weighted by Crippen LogP contribution is -2.49. The molecular formula is C26H27N5O2S. The van der Waals surface area contributed by atoms with Crippen molar-refractivity contribution in [2.45, 2.75) is 25.8 Å². The summed E-state index contributed by atoms with van der Waals surface area (Å²) in [5.41, 5.74) is 2.63. The van der Waals surface area contributed by atoms with Gasteiger partial charge >= 0.3 is 0 Å². The van der Waals surface area contributed by atoms with Gasteiger partial charge in [0.1, 0.15) is 5.01 Å². The molecule has 4 aromatic rings. The minimum atomic E-state index is -0.166. The minimum Gasteiger partial charge on any atom is -0.340 e. The zero-order chi connectivity index (χ0) is 23.5. The average Bonchev–Trinajstić information content (AvgIpc) is 3.31. The average molecular weight is 474 g/mol. The summed E-state index contributed by atoms with van der Waals surface area (Å²) in [6.07, 6.45) is 0.788. The van der Waals surface area contributed by atoms with Crippen LogP contribution in [0.4, 0.5) is 0 Å². The summed E-state index contributed by atoms with van der Waals surface area (Å²) in [7, 11) is 0. The number of carbonyl (C=O) groups excluding carboxylic acids is 1. The van der Waals surface area contributed by atoms with Crippen LogP contribution in [0.3, 0.4) is 0 Å². The second kappa shape index (κ2) is 9.87. The van der Waals surface area contributed by atoms with E-state index in [0.717, 1.165) is 41.3 Å². The van der Waals surface area contributed by atoms with Gasteiger partial charge in [0.2, 0.25) is 10.9 Å². The molecule has 1 amide bonds. The fourth-order valence-electron chi connectivity index (χ4n) is 4.45. The lowest BCUT2D eigenvalue weighted by molar-refractivity contribution is -0.134. The third-order valence-corrected chi connectivity index (χ3v) is 7.25. The van der Waals surface area contributed by atoms with E-state index in [1.54, 1.807) is 6.07 Å². The van der Waals surface area contributed by atoms with Gasteiger partial charge in [-0.2, -0.15) is 9.61 Å². The summed E-state index contributed by atoms with van der Waals surface area (Å²) < 4.78 is 1.38. The summed E-state index contributed by atoms with van der Waals surface area (Å²) in [5, 5.41) is 5.23. The largest absolute Gasteiger partial charge is 0.340 e. The number of hydrogen-bond donors (Lipinski definition) is 0. The number of benzene rings is 2. The molecule has 1 unspecified atom stereocenters. The second-order valence-electron chi connectivity index (χ2n) is 8.53. The zero-order valence-corrected chi connectivity index (χ0v) is 19.9. The lowest BCUT2D eigenvalue weighted by Gasteiger charge is -2.36. The number of amides is 1. The highest BCUT2D eigenvalue weighted by Gasteiger charge is 2.27. The molecule has 2 aromatic carbocycles. The van der Waals surface area contributed by atoms with Crippen molar-refractivity contribution in [3.05, 3.63) is 88.3 Å². The van der Waals surface area contributed by atoms with Crippen LogP contribution in [0.15, 0.2) is 71.5 Å². The third-order valence-electron chi connectivity index (χ3n) is 6.30. The van der Waals surface area contributed by atoms with Crippen molar-refractivity contribution < 1.29 is 4.79 Å². The first-order valence-electron chi connectivity index (χ1n) is 11.6. The van der Waals surface area contributed by atoms with Crippen molar-refractivity contribution in [3.63, 3.8) is 0 Å². The number of carbonyl (C=O) groups is 1. The molecule has 7 nitrogen and oxygen atoms in total. The predicted octanol–water partition coefficient (Wildman–Crippen LogP) is 3.66. The van der Waals surface area contributed by atoms with Gasteiger partial charge in [-0.15, -0.1) is 0 Å². The van der Waals surface area contributed by atoms with E-state index in [0.29, 0.717) is 24.6 Å². The molecule has 8 heteroatoms. The van der Waals surface area contributed by atoms with Gasteiger partial charge in [-0.25, -0.2) is 4.98 Å². The van der Waals surface area contributed by atoms with Crippen LogP contribution in [0, 0.1) is 0 Å². The number of nitrogens with zero attached hydrogens (tertiary/aromatic N) is 5. The Morgan fingerprint density at radius 3 is 2.35 bits per heavy atom. The summed E-state index contributed by atoms with van der Waals surface area (Å²) in [4.78, 5) is 35.4. The third kappa shape index (κ3) is 4.64. The predicted molar refractivity (Wildman–Crippen MR) is 134 cm³/mol. The number of hydrogen-bond acceptors (Lipinski definition) is 6. The molecule has 34 heavy (non-hydrogen) atoms. The Balaban J connectivity index is 1.25. The number of piperazine rings is 1. The van der Waals surface area contributed by atoms with Crippen LogP contribution in [0.25, 0.3) is 15.5 Å². The van der Waals surface area contributed by atoms with E-state index in [-0.39, 0.29) is 17.4 Å². The number of rotatable bonds is 6. The molecule has 0 saturated carbocycles. The maximum Gasteiger partial charge on any atom is 0.275 e. The van der Waals surface area contributed by atoms with Gasteiger partial charge in [-0.05, 0) is 12.0 Å². The highest BCUT2D eigenvalue weighted by atomic mass is 32.1. The van der Waals surface area contributed by atoms with Crippen molar-refractivity contribution in [3.8, 4) is 10.6 Å². The Kier molecular flexibility index (Phi) is 6.51. The first kappa shape index (κ1) is 22.4. The summed E-state index contributed by atoms with van der Waals surface area (Å²) in [6, 6.07) is 21.4. The van der Waals surface area contributed by atoms with Gasteiger partial charge in [-0.1, -0.05) is 78.9 Å². The molecule has 1 aliphatic heterocycles. The van der Waals surface area contributed by atoms with Crippen LogP contribution in [0.1, 0.15) is 30.5 Å². The Morgan fingerprint density at radius 2 is 1.68 bits per heavy atom. The molecule has 0 radical (unpaired) electrons. The van der Waals surface area contributed by atoms with E-state index < -0.39 is 0 Å². The van der Waals surface area contributed by atoms with E-state index in [9.17, 15) is 9.59 Å². The van der Waals surface area contributed by atoms with Crippen LogP contribution in [-0.2, 0) is 11.3 Å². The van der Waals surface area contributed by atoms with Gasteiger partial charge in [0, 0.05) is 44.4 Å². The quantitative estimate of drug-likeness (QED) is 0.428. The molecule has 1 fully saturated rings. The van der Waals surface area contributed by atoms with Crippen molar-refractivity contribution in [2.75, 3.05) is 26.2 Å². The first-order valence-corrected chi connectivity index (χ1v) is 12.5. The van der Waals surface area contributed by atoms with Crippen molar-refractivity contribution in [1.82, 2.24) is 24.4 Å². The van der Waals surface area contributed by atoms with Crippen LogP contribution < -0.4 is 5.56 Å². The highest BCUT2D eigenvalue weighted by molar-refractivity contribution is 7.19. The minimum absolute atomic E-state index is 0.0954. The Hall–Kier alpha value is -3.36. The van der Waals surface area contributed by atoms with Gasteiger partial charge in [0.05, 0.1) is 11.6 Å².